The molecule has 0 spiro atoms. The summed E-state index contributed by atoms with van der Waals surface area (Å²) in [6.45, 7) is 13.7. The molecule has 0 bridgehead atoms. The zero-order chi connectivity index (χ0) is 36.1. The van der Waals surface area contributed by atoms with E-state index in [9.17, 15) is 26.7 Å². The topological polar surface area (TPSA) is 88.8 Å². The Balaban J connectivity index is 0.00000193. The molecule has 4 rings (SSSR count). The lowest BCUT2D eigenvalue weighted by Crippen LogP contribution is -2.30. The quantitative estimate of drug-likeness (QED) is 0.181. The highest BCUT2D eigenvalue weighted by atomic mass is 19.3. The van der Waals surface area contributed by atoms with Gasteiger partial charge in [-0.2, -0.15) is 9.49 Å². The van der Waals surface area contributed by atoms with Gasteiger partial charge in [0, 0.05) is 48.9 Å². The monoisotopic (exact) mass is 673 g/mol. The predicted molar refractivity (Wildman–Crippen MR) is 180 cm³/mol. The van der Waals surface area contributed by atoms with Crippen molar-refractivity contribution in [1.29, 1.82) is 0 Å². The van der Waals surface area contributed by atoms with Crippen LogP contribution in [-0.4, -0.2) is 61.8 Å². The lowest BCUT2D eigenvalue weighted by Gasteiger charge is -2.23. The van der Waals surface area contributed by atoms with Crippen LogP contribution in [0.1, 0.15) is 77.9 Å². The largest absolute Gasteiger partial charge is 0.374 e. The van der Waals surface area contributed by atoms with Crippen LogP contribution >= 0.6 is 0 Å². The number of amides is 1. The molecule has 1 N–H and O–H groups in total. The fraction of sp³-hybridized carbons (Fsp3) is 0.400. The van der Waals surface area contributed by atoms with Gasteiger partial charge < -0.3 is 10.2 Å². The summed E-state index contributed by atoms with van der Waals surface area (Å²) in [5, 5.41) is 6.78. The summed E-state index contributed by atoms with van der Waals surface area (Å²) in [6, 6.07) is 1.30. The molecule has 8 nitrogen and oxygen atoms in total. The molecule has 0 aliphatic carbocycles. The Kier molecular flexibility index (Phi) is 15.3. The molecule has 0 saturated carbocycles. The summed E-state index contributed by atoms with van der Waals surface area (Å²) in [4.78, 5) is 27.3. The van der Waals surface area contributed by atoms with Crippen molar-refractivity contribution in [2.75, 3.05) is 25.6 Å². The van der Waals surface area contributed by atoms with Crippen molar-refractivity contribution < 1.29 is 26.7 Å². The van der Waals surface area contributed by atoms with E-state index in [0.717, 1.165) is 6.08 Å². The molecule has 1 aliphatic heterocycles. The number of aromatic nitrogens is 5. The lowest BCUT2D eigenvalue weighted by atomic mass is 9.92. The highest BCUT2D eigenvalue weighted by Gasteiger charge is 2.29. The Morgan fingerprint density at radius 1 is 1.08 bits per heavy atom. The minimum absolute atomic E-state index is 0.00532. The number of carbonyl (C=O) groups excluding carboxylic acids is 1. The third kappa shape index (κ3) is 9.02. The van der Waals surface area contributed by atoms with Gasteiger partial charge in [-0.05, 0) is 68.7 Å². The average Bonchev–Trinajstić information content (AvgIpc) is 3.43. The van der Waals surface area contributed by atoms with Crippen LogP contribution in [0.5, 0.6) is 0 Å². The van der Waals surface area contributed by atoms with E-state index in [1.807, 2.05) is 27.7 Å². The van der Waals surface area contributed by atoms with Crippen LogP contribution in [0, 0.1) is 12.9 Å². The third-order valence-corrected chi connectivity index (χ3v) is 7.05. The van der Waals surface area contributed by atoms with Gasteiger partial charge in [0.15, 0.2) is 5.82 Å². The first kappa shape index (κ1) is 39.5. The van der Waals surface area contributed by atoms with E-state index in [1.54, 1.807) is 40.8 Å². The number of nitrogens with zero attached hydrogens (tertiary/aromatic N) is 6. The predicted octanol–water partition coefficient (Wildman–Crippen LogP) is 8.79. The number of alkyl halides is 3. The molecule has 0 unspecified atom stereocenters. The Morgan fingerprint density at radius 2 is 1.73 bits per heavy atom. The van der Waals surface area contributed by atoms with Gasteiger partial charge in [-0.25, -0.2) is 37.2 Å². The van der Waals surface area contributed by atoms with Gasteiger partial charge in [0.1, 0.15) is 12.4 Å². The number of likely N-dealkylation sites (N-methyl/N-ethyl adjacent to an activating group) is 1. The van der Waals surface area contributed by atoms with Crippen LogP contribution in [0.25, 0.3) is 17.0 Å². The number of allylic oxidation sites excluding steroid dienone is 2. The second-order valence-electron chi connectivity index (χ2n) is 10.4. The molecule has 0 saturated heterocycles. The van der Waals surface area contributed by atoms with E-state index in [-0.39, 0.29) is 52.7 Å². The summed E-state index contributed by atoms with van der Waals surface area (Å²) in [5.74, 6) is -0.908. The molecule has 0 aromatic carbocycles. The van der Waals surface area contributed by atoms with Crippen LogP contribution in [0.3, 0.4) is 0 Å². The first-order chi connectivity index (χ1) is 23.0. The molecular weight excluding hydrogens is 629 g/mol. The Labute approximate surface area is 279 Å². The molecule has 0 fully saturated rings. The first-order valence-corrected chi connectivity index (χ1v) is 15.8. The standard InChI is InChI=1S/C31H32F5N7O.2C2H6/c1-6-21-23(22(9-10-32)26(12-33)41-25-8-7-18(4)40-27(25)28(34)35)11-19(16-42(5)31(21)44)20-13-37-30(38-14-20)24-15-39-43(17(2)3)29(24)36;2*1-2/h6-11,13-15,17,26,28,41H,12,16H2,1-5H3;2*1-2H3/b10-9+,21-6+,23-22+;;/t26-;;/m1../s1. The number of nitrogens with one attached hydrogen (secondary N) is 1. The Hall–Kier alpha value is -4.68. The number of halogens is 5. The van der Waals surface area contributed by atoms with Crippen LogP contribution < -0.4 is 5.32 Å². The van der Waals surface area contributed by atoms with Crippen molar-refractivity contribution in [3.8, 4) is 11.4 Å². The van der Waals surface area contributed by atoms with Crippen molar-refractivity contribution in [3.63, 3.8) is 0 Å². The van der Waals surface area contributed by atoms with Gasteiger partial charge in [-0.15, -0.1) is 0 Å². The number of hydrogen-bond acceptors (Lipinski definition) is 6. The maximum Gasteiger partial charge on any atom is 0.282 e. The third-order valence-electron chi connectivity index (χ3n) is 7.05. The highest BCUT2D eigenvalue weighted by molar-refractivity contribution is 6.02. The Morgan fingerprint density at radius 3 is 2.25 bits per heavy atom. The van der Waals surface area contributed by atoms with Gasteiger partial charge in [-0.1, -0.05) is 33.8 Å². The molecule has 0 radical (unpaired) electrons. The van der Waals surface area contributed by atoms with Crippen LogP contribution in [0.15, 0.2) is 72.0 Å². The fourth-order valence-electron chi connectivity index (χ4n) is 4.84. The molecule has 1 atom stereocenters. The zero-order valence-corrected chi connectivity index (χ0v) is 28.8. The van der Waals surface area contributed by atoms with Crippen molar-refractivity contribution in [3.05, 3.63) is 94.9 Å². The van der Waals surface area contributed by atoms with Gasteiger partial charge in [0.2, 0.25) is 5.95 Å². The van der Waals surface area contributed by atoms with Crippen molar-refractivity contribution >= 4 is 17.2 Å². The van der Waals surface area contributed by atoms with Crippen molar-refractivity contribution in [2.24, 2.45) is 0 Å². The van der Waals surface area contributed by atoms with Gasteiger partial charge >= 0.3 is 0 Å². The van der Waals surface area contributed by atoms with E-state index in [2.05, 4.69) is 25.4 Å². The lowest BCUT2D eigenvalue weighted by molar-refractivity contribution is -0.125. The van der Waals surface area contributed by atoms with Gasteiger partial charge in [0.05, 0.1) is 29.8 Å². The van der Waals surface area contributed by atoms with Gasteiger partial charge in [0.25, 0.3) is 12.3 Å². The second-order valence-corrected chi connectivity index (χ2v) is 10.4. The normalized spacial score (nSPS) is 15.9. The number of hydrogen-bond donors (Lipinski definition) is 1. The zero-order valence-electron chi connectivity index (χ0n) is 28.8. The van der Waals surface area contributed by atoms with E-state index in [0.29, 0.717) is 16.8 Å². The van der Waals surface area contributed by atoms with Crippen LogP contribution in [0.4, 0.5) is 27.6 Å². The number of pyridine rings is 1. The van der Waals surface area contributed by atoms with E-state index in [1.165, 1.54) is 46.4 Å². The molecule has 13 heteroatoms. The Bertz CT molecular complexity index is 1640. The maximum absolute atomic E-state index is 14.9. The second kappa shape index (κ2) is 18.6. The van der Waals surface area contributed by atoms with E-state index >= 15 is 0 Å². The maximum atomic E-state index is 14.9. The number of rotatable bonds is 9. The highest BCUT2D eigenvalue weighted by Crippen LogP contribution is 2.33. The van der Waals surface area contributed by atoms with Gasteiger partial charge in [-0.3, -0.25) is 4.79 Å². The molecular formula is C35H44F5N7O. The molecule has 260 valence electrons. The minimum atomic E-state index is -2.95. The molecule has 4 heterocycles. The molecule has 3 aromatic rings. The average molecular weight is 674 g/mol. The van der Waals surface area contributed by atoms with E-state index < -0.39 is 36.7 Å². The number of aryl methyl sites for hydroxylation is 1. The summed E-state index contributed by atoms with van der Waals surface area (Å²) in [6.07, 6.45) is 5.59. The molecule has 1 amide bonds. The first-order valence-electron chi connectivity index (χ1n) is 15.8. The van der Waals surface area contributed by atoms with Crippen LogP contribution in [0.2, 0.25) is 0 Å². The summed E-state index contributed by atoms with van der Waals surface area (Å²) >= 11 is 0. The van der Waals surface area contributed by atoms with Crippen LogP contribution in [-0.2, 0) is 4.79 Å². The number of carbonyl (C=O) groups is 1. The van der Waals surface area contributed by atoms with E-state index in [4.69, 9.17) is 0 Å². The summed E-state index contributed by atoms with van der Waals surface area (Å²) in [5.41, 5.74) is 1.07. The summed E-state index contributed by atoms with van der Waals surface area (Å²) < 4.78 is 72.1. The fourth-order valence-corrected chi connectivity index (χ4v) is 4.84. The molecule has 1 aliphatic rings. The minimum Gasteiger partial charge on any atom is -0.374 e. The molecule has 3 aromatic heterocycles. The summed E-state index contributed by atoms with van der Waals surface area (Å²) in [7, 11) is 1.57. The number of anilines is 1. The SMILES string of the molecule is C/C=C1/C(=O)N(C)CC(c2cnc(-c3cnn(C(C)C)c3F)nc2)=C/C1=C(/C=C/F)[C@@H](CF)Nc1ccc(C)nc1C(F)F.CC.CC. The molecule has 48 heavy (non-hydrogen) atoms. The van der Waals surface area contributed by atoms with Crippen molar-refractivity contribution in [1.82, 2.24) is 29.6 Å². The van der Waals surface area contributed by atoms with Crippen molar-refractivity contribution in [2.45, 2.75) is 73.9 Å². The smallest absolute Gasteiger partial charge is 0.282 e.